The third-order valence-electron chi connectivity index (χ3n) is 2.67. The molecule has 0 aromatic heterocycles. The number of hydrazine groups is 1. The fourth-order valence-corrected chi connectivity index (χ4v) is 1.87. The second-order valence-electron chi connectivity index (χ2n) is 3.58. The minimum Gasteiger partial charge on any atom is -0.339 e. The van der Waals surface area contributed by atoms with Gasteiger partial charge in [0.1, 0.15) is 0 Å². The predicted molar refractivity (Wildman–Crippen MR) is 55.3 cm³/mol. The Hall–Kier alpha value is -0.770. The van der Waals surface area contributed by atoms with Gasteiger partial charge in [-0.2, -0.15) is 0 Å². The van der Waals surface area contributed by atoms with Gasteiger partial charge in [0.2, 0.25) is 5.96 Å². The molecular weight excluding hydrogens is 164 g/mol. The molecule has 0 aromatic rings. The lowest BCUT2D eigenvalue weighted by Crippen LogP contribution is -2.48. The first-order valence-electron chi connectivity index (χ1n) is 4.99. The number of hydrogen-bond acceptors (Lipinski definition) is 2. The van der Waals surface area contributed by atoms with Crippen molar-refractivity contribution in [1.29, 1.82) is 0 Å². The minimum atomic E-state index is 0.553. The molecular formula is C9H20N4. The number of likely N-dealkylation sites (tertiary alicyclic amines) is 1. The number of guanidine groups is 1. The zero-order valence-electron chi connectivity index (χ0n) is 8.58. The van der Waals surface area contributed by atoms with Gasteiger partial charge >= 0.3 is 0 Å². The van der Waals surface area contributed by atoms with Crippen molar-refractivity contribution in [3.63, 3.8) is 0 Å². The first kappa shape index (κ1) is 10.3. The van der Waals surface area contributed by atoms with Crippen molar-refractivity contribution in [2.75, 3.05) is 13.6 Å². The van der Waals surface area contributed by atoms with E-state index in [-0.39, 0.29) is 0 Å². The highest BCUT2D eigenvalue weighted by Crippen LogP contribution is 2.15. The van der Waals surface area contributed by atoms with Crippen molar-refractivity contribution in [1.82, 2.24) is 10.3 Å². The van der Waals surface area contributed by atoms with Gasteiger partial charge in [-0.3, -0.25) is 10.4 Å². The number of nitrogens with two attached hydrogens (primary N) is 1. The second kappa shape index (κ2) is 5.07. The van der Waals surface area contributed by atoms with Gasteiger partial charge < -0.3 is 4.90 Å². The molecule has 13 heavy (non-hydrogen) atoms. The van der Waals surface area contributed by atoms with Crippen LogP contribution in [0.2, 0.25) is 0 Å². The quantitative estimate of drug-likeness (QED) is 0.252. The van der Waals surface area contributed by atoms with Crippen LogP contribution in [0.1, 0.15) is 32.6 Å². The predicted octanol–water partition coefficient (Wildman–Crippen LogP) is 0.700. The molecule has 1 rings (SSSR count). The lowest BCUT2D eigenvalue weighted by atomic mass is 10.1. The van der Waals surface area contributed by atoms with Crippen molar-refractivity contribution in [3.8, 4) is 0 Å². The van der Waals surface area contributed by atoms with Gasteiger partial charge in [-0.1, -0.05) is 12.8 Å². The van der Waals surface area contributed by atoms with Crippen LogP contribution < -0.4 is 11.3 Å². The Labute approximate surface area is 80.2 Å². The summed E-state index contributed by atoms with van der Waals surface area (Å²) < 4.78 is 0. The van der Waals surface area contributed by atoms with Crippen LogP contribution >= 0.6 is 0 Å². The van der Waals surface area contributed by atoms with E-state index in [4.69, 9.17) is 5.84 Å². The van der Waals surface area contributed by atoms with Crippen LogP contribution in [-0.4, -0.2) is 30.5 Å². The third-order valence-corrected chi connectivity index (χ3v) is 2.67. The molecule has 0 aromatic carbocycles. The van der Waals surface area contributed by atoms with Gasteiger partial charge in [0, 0.05) is 19.6 Å². The van der Waals surface area contributed by atoms with Crippen LogP contribution in [0.15, 0.2) is 4.99 Å². The molecule has 0 spiro atoms. The zero-order valence-corrected chi connectivity index (χ0v) is 8.58. The summed E-state index contributed by atoms with van der Waals surface area (Å²) in [5, 5.41) is 0. The molecule has 1 unspecified atom stereocenters. The molecule has 0 bridgehead atoms. The summed E-state index contributed by atoms with van der Waals surface area (Å²) in [5.41, 5.74) is 2.66. The lowest BCUT2D eigenvalue weighted by molar-refractivity contribution is 0.325. The fourth-order valence-electron chi connectivity index (χ4n) is 1.87. The van der Waals surface area contributed by atoms with Crippen LogP contribution in [0.3, 0.4) is 0 Å². The first-order valence-corrected chi connectivity index (χ1v) is 4.99. The summed E-state index contributed by atoms with van der Waals surface area (Å²) in [6.45, 7) is 3.30. The van der Waals surface area contributed by atoms with Gasteiger partial charge in [-0.15, -0.1) is 0 Å². The molecule has 3 N–H and O–H groups in total. The van der Waals surface area contributed by atoms with E-state index in [1.54, 1.807) is 7.05 Å². The van der Waals surface area contributed by atoms with E-state index >= 15 is 0 Å². The lowest BCUT2D eigenvalue weighted by Gasteiger charge is -2.29. The van der Waals surface area contributed by atoms with E-state index in [0.29, 0.717) is 6.04 Å². The summed E-state index contributed by atoms with van der Waals surface area (Å²) in [4.78, 5) is 6.39. The van der Waals surface area contributed by atoms with Gasteiger partial charge in [0.15, 0.2) is 0 Å². The minimum absolute atomic E-state index is 0.553. The average molecular weight is 184 g/mol. The molecule has 0 aliphatic carbocycles. The van der Waals surface area contributed by atoms with Crippen molar-refractivity contribution in [2.24, 2.45) is 10.8 Å². The number of nitrogens with zero attached hydrogens (tertiary/aromatic N) is 2. The van der Waals surface area contributed by atoms with Crippen molar-refractivity contribution < 1.29 is 0 Å². The summed E-state index contributed by atoms with van der Waals surface area (Å²) in [5.74, 6) is 6.22. The third kappa shape index (κ3) is 2.59. The Kier molecular flexibility index (Phi) is 4.02. The maximum atomic E-state index is 5.40. The highest BCUT2D eigenvalue weighted by molar-refractivity contribution is 5.79. The molecule has 0 radical (unpaired) electrons. The molecule has 1 aliphatic heterocycles. The second-order valence-corrected chi connectivity index (χ2v) is 3.58. The Balaban J connectivity index is 2.63. The van der Waals surface area contributed by atoms with Crippen LogP contribution in [0.25, 0.3) is 0 Å². The van der Waals surface area contributed by atoms with Gasteiger partial charge in [-0.05, 0) is 19.8 Å². The maximum Gasteiger partial charge on any atom is 0.208 e. The van der Waals surface area contributed by atoms with E-state index in [2.05, 4.69) is 22.2 Å². The first-order chi connectivity index (χ1) is 6.29. The van der Waals surface area contributed by atoms with Crippen LogP contribution in [0.4, 0.5) is 0 Å². The molecule has 0 amide bonds. The number of nitrogens with one attached hydrogen (secondary N) is 1. The monoisotopic (exact) mass is 184 g/mol. The average Bonchev–Trinajstić information content (AvgIpc) is 2.34. The number of rotatable bonds is 0. The molecule has 76 valence electrons. The topological polar surface area (TPSA) is 53.6 Å². The van der Waals surface area contributed by atoms with Crippen LogP contribution in [0.5, 0.6) is 0 Å². The summed E-state index contributed by atoms with van der Waals surface area (Å²) in [6, 6.07) is 0.553. The molecule has 1 heterocycles. The summed E-state index contributed by atoms with van der Waals surface area (Å²) in [6.07, 6.45) is 5.12. The van der Waals surface area contributed by atoms with E-state index in [1.807, 2.05) is 0 Å². The van der Waals surface area contributed by atoms with E-state index in [9.17, 15) is 0 Å². The molecule has 0 saturated carbocycles. The SMILES string of the molecule is CN=C(NN)N1CCCCCC1C. The molecule has 4 heteroatoms. The van der Waals surface area contributed by atoms with Crippen molar-refractivity contribution in [2.45, 2.75) is 38.6 Å². The maximum absolute atomic E-state index is 5.40. The highest BCUT2D eigenvalue weighted by Gasteiger charge is 2.18. The highest BCUT2D eigenvalue weighted by atomic mass is 15.4. The van der Waals surface area contributed by atoms with Gasteiger partial charge in [0.25, 0.3) is 0 Å². The summed E-state index contributed by atoms with van der Waals surface area (Å²) >= 11 is 0. The van der Waals surface area contributed by atoms with E-state index in [1.165, 1.54) is 25.7 Å². The van der Waals surface area contributed by atoms with E-state index in [0.717, 1.165) is 12.5 Å². The Bertz CT molecular complexity index is 178. The van der Waals surface area contributed by atoms with Gasteiger partial charge in [0.05, 0.1) is 0 Å². The molecule has 1 fully saturated rings. The molecule has 1 aliphatic rings. The number of hydrogen-bond donors (Lipinski definition) is 2. The Morgan fingerprint density at radius 1 is 1.46 bits per heavy atom. The normalized spacial score (nSPS) is 25.6. The van der Waals surface area contributed by atoms with Crippen LogP contribution in [-0.2, 0) is 0 Å². The molecule has 1 atom stereocenters. The van der Waals surface area contributed by atoms with Crippen LogP contribution in [0, 0.1) is 0 Å². The number of aliphatic imine (C=N–C) groups is 1. The van der Waals surface area contributed by atoms with Crippen molar-refractivity contribution in [3.05, 3.63) is 0 Å². The van der Waals surface area contributed by atoms with Crippen molar-refractivity contribution >= 4 is 5.96 Å². The standard InChI is InChI=1S/C9H20N4/c1-8-6-4-3-5-7-13(8)9(11-2)12-10/h8H,3-7,10H2,1-2H3,(H,11,12). The van der Waals surface area contributed by atoms with Gasteiger partial charge in [-0.25, -0.2) is 5.84 Å². The smallest absolute Gasteiger partial charge is 0.208 e. The largest absolute Gasteiger partial charge is 0.339 e. The zero-order chi connectivity index (χ0) is 9.68. The fraction of sp³-hybridized carbons (Fsp3) is 0.889. The Morgan fingerprint density at radius 2 is 2.23 bits per heavy atom. The summed E-state index contributed by atoms with van der Waals surface area (Å²) in [7, 11) is 1.77. The molecule has 4 nitrogen and oxygen atoms in total. The van der Waals surface area contributed by atoms with E-state index < -0.39 is 0 Å². The molecule has 1 saturated heterocycles. The Morgan fingerprint density at radius 3 is 2.85 bits per heavy atom.